The van der Waals surface area contributed by atoms with Gasteiger partial charge < -0.3 is 24.5 Å². The molecule has 0 radical (unpaired) electrons. The number of likely N-dealkylation sites (tertiary alicyclic amines) is 1. The summed E-state index contributed by atoms with van der Waals surface area (Å²) in [5.74, 6) is -2.25. The lowest BCUT2D eigenvalue weighted by molar-refractivity contribution is -0.147. The van der Waals surface area contributed by atoms with Crippen molar-refractivity contribution in [1.82, 2.24) is 9.80 Å². The average molecular weight is 480 g/mol. The molecule has 8 heteroatoms. The maximum atomic E-state index is 13.9. The maximum absolute atomic E-state index is 13.9. The largest absolute Gasteiger partial charge is 0.395 e. The van der Waals surface area contributed by atoms with Gasteiger partial charge in [-0.3, -0.25) is 14.4 Å². The number of hydrogen-bond donors (Lipinski definition) is 1. The van der Waals surface area contributed by atoms with Gasteiger partial charge in [0.2, 0.25) is 17.7 Å². The predicted octanol–water partition coefficient (Wildman–Crippen LogP) is 1.75. The van der Waals surface area contributed by atoms with Crippen LogP contribution in [-0.2, 0) is 19.1 Å². The lowest BCUT2D eigenvalue weighted by atomic mass is 9.77. The predicted molar refractivity (Wildman–Crippen MR) is 130 cm³/mol. The van der Waals surface area contributed by atoms with Crippen LogP contribution in [0.3, 0.4) is 0 Å². The highest BCUT2D eigenvalue weighted by atomic mass is 16.5. The topological polar surface area (TPSA) is 90.4 Å². The SMILES string of the molecule is CCCCCN1CC=C[C@]23O[C@@H]4C=CCN(c5ccccc5)C(=O)[C@@H]4[C@H]2C(=O)N(CCO)C3C1=O. The van der Waals surface area contributed by atoms with Crippen LogP contribution in [-0.4, -0.2) is 83.2 Å². The van der Waals surface area contributed by atoms with E-state index in [0.29, 0.717) is 19.6 Å². The van der Waals surface area contributed by atoms with Crippen molar-refractivity contribution in [1.29, 1.82) is 0 Å². The molecule has 2 fully saturated rings. The van der Waals surface area contributed by atoms with Crippen LogP contribution < -0.4 is 4.90 Å². The first-order chi connectivity index (χ1) is 17.0. The molecule has 8 nitrogen and oxygen atoms in total. The molecule has 0 bridgehead atoms. The number of carbonyl (C=O) groups is 3. The van der Waals surface area contributed by atoms with Crippen LogP contribution in [0.5, 0.6) is 0 Å². The fourth-order valence-electron chi connectivity index (χ4n) is 6.12. The van der Waals surface area contributed by atoms with E-state index in [1.54, 1.807) is 9.80 Å². The van der Waals surface area contributed by atoms with Crippen LogP contribution in [0.2, 0.25) is 0 Å². The molecule has 1 aromatic rings. The molecule has 0 saturated carbocycles. The van der Waals surface area contributed by atoms with Gasteiger partial charge in [0, 0.05) is 31.9 Å². The van der Waals surface area contributed by atoms with E-state index in [2.05, 4.69) is 6.92 Å². The van der Waals surface area contributed by atoms with Crippen molar-refractivity contribution in [2.75, 3.05) is 37.7 Å². The Morgan fingerprint density at radius 3 is 2.54 bits per heavy atom. The summed E-state index contributed by atoms with van der Waals surface area (Å²) in [5.41, 5.74) is -0.481. The molecule has 1 spiro atoms. The molecule has 4 aliphatic rings. The number of fused-ring (bicyclic) bond motifs is 2. The number of amides is 3. The number of rotatable bonds is 7. The number of aliphatic hydroxyl groups is 1. The van der Waals surface area contributed by atoms with E-state index in [-0.39, 0.29) is 30.9 Å². The third-order valence-electron chi connectivity index (χ3n) is 7.68. The number of unbranched alkanes of at least 4 members (excludes halogenated alkanes) is 2. The minimum Gasteiger partial charge on any atom is -0.395 e. The Morgan fingerprint density at radius 2 is 1.80 bits per heavy atom. The zero-order valence-electron chi connectivity index (χ0n) is 20.1. The van der Waals surface area contributed by atoms with Gasteiger partial charge in [-0.2, -0.15) is 0 Å². The Hall–Kier alpha value is -2.97. The van der Waals surface area contributed by atoms with Crippen LogP contribution in [0.1, 0.15) is 26.2 Å². The summed E-state index contributed by atoms with van der Waals surface area (Å²) in [7, 11) is 0. The second-order valence-corrected chi connectivity index (χ2v) is 9.70. The van der Waals surface area contributed by atoms with Gasteiger partial charge in [-0.15, -0.1) is 0 Å². The normalized spacial score (nSPS) is 31.9. The molecule has 4 heterocycles. The first kappa shape index (κ1) is 23.8. The van der Waals surface area contributed by atoms with Crippen LogP contribution in [0, 0.1) is 11.8 Å². The van der Waals surface area contributed by atoms with E-state index in [1.165, 1.54) is 4.90 Å². The number of para-hydroxylation sites is 1. The quantitative estimate of drug-likeness (QED) is 0.475. The number of aliphatic hydroxyl groups excluding tert-OH is 1. The third kappa shape index (κ3) is 3.79. The lowest BCUT2D eigenvalue weighted by Crippen LogP contribution is -2.55. The summed E-state index contributed by atoms with van der Waals surface area (Å²) in [4.78, 5) is 46.5. The van der Waals surface area contributed by atoms with Crippen molar-refractivity contribution in [2.45, 2.75) is 43.9 Å². The van der Waals surface area contributed by atoms with Gasteiger partial charge in [0.25, 0.3) is 0 Å². The van der Waals surface area contributed by atoms with Gasteiger partial charge >= 0.3 is 0 Å². The first-order valence-electron chi connectivity index (χ1n) is 12.6. The van der Waals surface area contributed by atoms with Crippen molar-refractivity contribution in [3.05, 3.63) is 54.6 Å². The minimum atomic E-state index is -1.24. The Bertz CT molecular complexity index is 1040. The highest BCUT2D eigenvalue weighted by Gasteiger charge is 2.71. The van der Waals surface area contributed by atoms with Gasteiger partial charge in [-0.25, -0.2) is 0 Å². The van der Waals surface area contributed by atoms with Crippen LogP contribution in [0.15, 0.2) is 54.6 Å². The van der Waals surface area contributed by atoms with E-state index < -0.39 is 29.6 Å². The smallest absolute Gasteiger partial charge is 0.249 e. The molecule has 35 heavy (non-hydrogen) atoms. The summed E-state index contributed by atoms with van der Waals surface area (Å²) in [6.45, 7) is 3.29. The van der Waals surface area contributed by atoms with Gasteiger partial charge in [-0.05, 0) is 18.6 Å². The molecule has 5 rings (SSSR count). The number of benzene rings is 1. The lowest BCUT2D eigenvalue weighted by Gasteiger charge is -2.35. The molecule has 3 amide bonds. The maximum Gasteiger partial charge on any atom is 0.249 e. The number of hydrogen-bond acceptors (Lipinski definition) is 5. The number of anilines is 1. The molecule has 5 atom stereocenters. The van der Waals surface area contributed by atoms with Crippen molar-refractivity contribution in [3.8, 4) is 0 Å². The van der Waals surface area contributed by atoms with Crippen LogP contribution >= 0.6 is 0 Å². The molecule has 1 N–H and O–H groups in total. The minimum absolute atomic E-state index is 0.0251. The zero-order chi connectivity index (χ0) is 24.6. The van der Waals surface area contributed by atoms with Gasteiger partial charge in [0.15, 0.2) is 0 Å². The monoisotopic (exact) mass is 479 g/mol. The van der Waals surface area contributed by atoms with E-state index in [0.717, 1.165) is 24.9 Å². The number of carbonyl (C=O) groups excluding carboxylic acids is 3. The van der Waals surface area contributed by atoms with Crippen molar-refractivity contribution in [2.24, 2.45) is 11.8 Å². The summed E-state index contributed by atoms with van der Waals surface area (Å²) in [6, 6.07) is 8.49. The molecule has 2 saturated heterocycles. The number of β-amino-alcohol motifs (C(OH)–C–C–N with tert-alkyl or cyclic N) is 1. The van der Waals surface area contributed by atoms with E-state index >= 15 is 0 Å². The molecule has 1 aromatic carbocycles. The second kappa shape index (κ2) is 9.59. The summed E-state index contributed by atoms with van der Waals surface area (Å²) in [5, 5.41) is 9.75. The molecule has 186 valence electrons. The molecule has 0 aliphatic carbocycles. The first-order valence-corrected chi connectivity index (χ1v) is 12.6. The van der Waals surface area contributed by atoms with Crippen molar-refractivity contribution >= 4 is 23.4 Å². The molecule has 0 aromatic heterocycles. The van der Waals surface area contributed by atoms with Gasteiger partial charge in [0.05, 0.1) is 24.5 Å². The fourth-order valence-corrected chi connectivity index (χ4v) is 6.12. The average Bonchev–Trinajstić information content (AvgIpc) is 3.17. The number of nitrogens with zero attached hydrogens (tertiary/aromatic N) is 3. The zero-order valence-corrected chi connectivity index (χ0v) is 20.1. The summed E-state index contributed by atoms with van der Waals surface area (Å²) >= 11 is 0. The van der Waals surface area contributed by atoms with Crippen LogP contribution in [0.25, 0.3) is 0 Å². The Labute approximate surface area is 205 Å². The molecular weight excluding hydrogens is 446 g/mol. The summed E-state index contributed by atoms with van der Waals surface area (Å²) in [6.07, 6.45) is 9.85. The Kier molecular flexibility index (Phi) is 6.51. The Balaban J connectivity index is 1.54. The van der Waals surface area contributed by atoms with Crippen molar-refractivity contribution in [3.63, 3.8) is 0 Å². The summed E-state index contributed by atoms with van der Waals surface area (Å²) < 4.78 is 6.57. The highest BCUT2D eigenvalue weighted by molar-refractivity contribution is 6.03. The Morgan fingerprint density at radius 1 is 1.00 bits per heavy atom. The molecule has 1 unspecified atom stereocenters. The second-order valence-electron chi connectivity index (χ2n) is 9.70. The van der Waals surface area contributed by atoms with Crippen LogP contribution in [0.4, 0.5) is 5.69 Å². The number of ether oxygens (including phenoxy) is 1. The van der Waals surface area contributed by atoms with Crippen molar-refractivity contribution < 1.29 is 24.2 Å². The standard InChI is InChI=1S/C27H33N3O5/c1-2-3-7-14-28-15-9-13-27-22(25(33)30(17-18-31)23(27)26(28)34)21-20(35-27)12-8-16-29(24(21)32)19-10-5-4-6-11-19/h4-6,8-13,20-23,31H,2-3,7,14-18H2,1H3/t20-,21+,22+,23?,27+/m1/s1. The van der Waals surface area contributed by atoms with Gasteiger partial charge in [-0.1, -0.05) is 62.3 Å². The third-order valence-corrected chi connectivity index (χ3v) is 7.68. The van der Waals surface area contributed by atoms with E-state index in [1.807, 2.05) is 54.6 Å². The molecule has 4 aliphatic heterocycles. The van der Waals surface area contributed by atoms with E-state index in [9.17, 15) is 19.5 Å². The fraction of sp³-hybridized carbons (Fsp3) is 0.519. The van der Waals surface area contributed by atoms with E-state index in [4.69, 9.17) is 4.74 Å². The molecular formula is C27H33N3O5. The highest BCUT2D eigenvalue weighted by Crippen LogP contribution is 2.53. The van der Waals surface area contributed by atoms with Gasteiger partial charge in [0.1, 0.15) is 11.6 Å².